The molecule has 1 N–H and O–H groups in total. The monoisotopic (exact) mass is 360 g/mol. The topological polar surface area (TPSA) is 82.1 Å². The van der Waals surface area contributed by atoms with Crippen LogP contribution in [0.3, 0.4) is 0 Å². The molecule has 3 aliphatic carbocycles. The second-order valence-corrected chi connectivity index (χ2v) is 9.59. The number of Topliss-reactive ketones (excluding diaryl/α,β-unsaturated/α-hetero) is 1. The SMILES string of the molecule is C=C1C(=O)C23CC1CCC2C12COC4OCC(C)(C(O)CC1OC3=O)C42. The Labute approximate surface area is 151 Å². The normalized spacial score (nSPS) is 59.7. The van der Waals surface area contributed by atoms with Crippen molar-refractivity contribution in [2.45, 2.75) is 51.1 Å². The fourth-order valence-corrected chi connectivity index (χ4v) is 7.62. The number of aliphatic hydroxyl groups excluding tert-OH is 1. The predicted octanol–water partition coefficient (Wildman–Crippen LogP) is 1.21. The molecular weight excluding hydrogens is 336 g/mol. The van der Waals surface area contributed by atoms with Gasteiger partial charge in [0.2, 0.25) is 0 Å². The Balaban J connectivity index is 1.57. The van der Waals surface area contributed by atoms with Crippen LogP contribution in [0.25, 0.3) is 0 Å². The van der Waals surface area contributed by atoms with Gasteiger partial charge in [0, 0.05) is 23.2 Å². The van der Waals surface area contributed by atoms with Gasteiger partial charge in [-0.05, 0) is 36.7 Å². The van der Waals surface area contributed by atoms with Gasteiger partial charge in [0.25, 0.3) is 0 Å². The van der Waals surface area contributed by atoms with Gasteiger partial charge in [-0.1, -0.05) is 13.5 Å². The standard InChI is InChI=1S/C20H24O6/c1-9-10-3-4-11-19(6-10,15(9)22)17(23)26-13-5-12(21)18(2)7-24-16-14(18)20(11,13)8-25-16/h10-14,16,21H,1,3-8H2,2H3. The molecule has 3 saturated heterocycles. The van der Waals surface area contributed by atoms with E-state index in [2.05, 4.69) is 13.5 Å². The summed E-state index contributed by atoms with van der Waals surface area (Å²) in [5.74, 6) is -0.592. The first kappa shape index (κ1) is 15.8. The van der Waals surface area contributed by atoms with Gasteiger partial charge in [-0.2, -0.15) is 0 Å². The fraction of sp³-hybridized carbons (Fsp3) is 0.800. The number of ketones is 1. The van der Waals surface area contributed by atoms with Gasteiger partial charge in [0.05, 0.1) is 19.3 Å². The predicted molar refractivity (Wildman–Crippen MR) is 87.6 cm³/mol. The Hall–Kier alpha value is -1.24. The molecular formula is C20H24O6. The molecule has 9 atom stereocenters. The van der Waals surface area contributed by atoms with Gasteiger partial charge in [-0.25, -0.2) is 0 Å². The Kier molecular flexibility index (Phi) is 2.68. The number of fused-ring (bicyclic) bond motifs is 1. The minimum atomic E-state index is -1.10. The molecule has 6 rings (SSSR count). The lowest BCUT2D eigenvalue weighted by Gasteiger charge is -2.61. The second kappa shape index (κ2) is 4.42. The van der Waals surface area contributed by atoms with E-state index in [9.17, 15) is 14.7 Å². The van der Waals surface area contributed by atoms with Crippen LogP contribution in [-0.2, 0) is 23.8 Å². The zero-order valence-electron chi connectivity index (χ0n) is 14.9. The minimum Gasteiger partial charge on any atom is -0.461 e. The lowest BCUT2D eigenvalue weighted by molar-refractivity contribution is -0.244. The van der Waals surface area contributed by atoms with Gasteiger partial charge < -0.3 is 19.3 Å². The van der Waals surface area contributed by atoms with Crippen LogP contribution in [0.4, 0.5) is 0 Å². The van der Waals surface area contributed by atoms with Crippen molar-refractivity contribution in [2.75, 3.05) is 13.2 Å². The first-order valence-corrected chi connectivity index (χ1v) is 9.71. The molecule has 2 spiro atoms. The third-order valence-corrected chi connectivity index (χ3v) is 8.83. The molecule has 2 bridgehead atoms. The molecule has 3 aliphatic heterocycles. The van der Waals surface area contributed by atoms with Crippen molar-refractivity contribution in [1.82, 2.24) is 0 Å². The highest BCUT2D eigenvalue weighted by Gasteiger charge is 2.80. The highest BCUT2D eigenvalue weighted by atomic mass is 16.7. The van der Waals surface area contributed by atoms with Crippen LogP contribution in [0.5, 0.6) is 0 Å². The van der Waals surface area contributed by atoms with Crippen LogP contribution in [0.1, 0.15) is 32.6 Å². The van der Waals surface area contributed by atoms with Crippen molar-refractivity contribution < 1.29 is 28.9 Å². The highest BCUT2D eigenvalue weighted by Crippen LogP contribution is 2.72. The molecule has 0 aromatic heterocycles. The van der Waals surface area contributed by atoms with E-state index in [-0.39, 0.29) is 29.8 Å². The van der Waals surface area contributed by atoms with E-state index in [4.69, 9.17) is 14.2 Å². The first-order chi connectivity index (χ1) is 12.4. The molecule has 3 saturated carbocycles. The summed E-state index contributed by atoms with van der Waals surface area (Å²) in [6, 6.07) is 0. The zero-order valence-corrected chi connectivity index (χ0v) is 14.9. The molecule has 0 amide bonds. The number of rotatable bonds is 0. The summed E-state index contributed by atoms with van der Waals surface area (Å²) < 4.78 is 17.9. The number of aliphatic hydroxyl groups is 1. The lowest BCUT2D eigenvalue weighted by Crippen LogP contribution is -2.70. The number of hydrogen-bond donors (Lipinski definition) is 1. The third kappa shape index (κ3) is 1.37. The fourth-order valence-electron chi connectivity index (χ4n) is 7.62. The summed E-state index contributed by atoms with van der Waals surface area (Å²) in [7, 11) is 0. The van der Waals surface area contributed by atoms with E-state index in [1.54, 1.807) is 0 Å². The van der Waals surface area contributed by atoms with Crippen molar-refractivity contribution >= 4 is 11.8 Å². The van der Waals surface area contributed by atoms with Gasteiger partial charge in [0.1, 0.15) is 11.5 Å². The Bertz CT molecular complexity index is 761. The number of esters is 1. The highest BCUT2D eigenvalue weighted by molar-refractivity contribution is 6.15. The number of carbonyl (C=O) groups excluding carboxylic acids is 2. The molecule has 0 radical (unpaired) electrons. The molecule has 6 nitrogen and oxygen atoms in total. The van der Waals surface area contributed by atoms with Gasteiger partial charge in [-0.3, -0.25) is 9.59 Å². The average Bonchev–Trinajstić information content (AvgIpc) is 3.23. The summed E-state index contributed by atoms with van der Waals surface area (Å²) in [6.07, 6.45) is 1.21. The molecule has 9 unspecified atom stereocenters. The molecule has 26 heavy (non-hydrogen) atoms. The van der Waals surface area contributed by atoms with Crippen LogP contribution >= 0.6 is 0 Å². The van der Waals surface area contributed by atoms with Gasteiger partial charge >= 0.3 is 5.97 Å². The summed E-state index contributed by atoms with van der Waals surface area (Å²) in [5.41, 5.74) is -1.39. The molecule has 0 aromatic carbocycles. The second-order valence-electron chi connectivity index (χ2n) is 9.59. The van der Waals surface area contributed by atoms with Crippen molar-refractivity contribution in [3.8, 4) is 0 Å². The Morgan fingerprint density at radius 1 is 1.19 bits per heavy atom. The number of ether oxygens (including phenoxy) is 3. The molecule has 6 heteroatoms. The first-order valence-electron chi connectivity index (χ1n) is 9.71. The molecule has 3 heterocycles. The van der Waals surface area contributed by atoms with Crippen LogP contribution in [0, 0.1) is 34.0 Å². The smallest absolute Gasteiger partial charge is 0.320 e. The van der Waals surface area contributed by atoms with Gasteiger partial charge in [-0.15, -0.1) is 0 Å². The maximum absolute atomic E-state index is 13.2. The van der Waals surface area contributed by atoms with Crippen LogP contribution < -0.4 is 0 Å². The minimum absolute atomic E-state index is 0.0584. The molecule has 0 aromatic rings. The van der Waals surface area contributed by atoms with Crippen LogP contribution in [0.2, 0.25) is 0 Å². The zero-order chi connectivity index (χ0) is 18.1. The van der Waals surface area contributed by atoms with Crippen LogP contribution in [-0.4, -0.2) is 48.6 Å². The average molecular weight is 360 g/mol. The van der Waals surface area contributed by atoms with E-state index in [0.717, 1.165) is 12.8 Å². The van der Waals surface area contributed by atoms with Crippen molar-refractivity contribution in [3.63, 3.8) is 0 Å². The summed E-state index contributed by atoms with van der Waals surface area (Å²) >= 11 is 0. The van der Waals surface area contributed by atoms with E-state index in [1.807, 2.05) is 0 Å². The van der Waals surface area contributed by atoms with Crippen LogP contribution in [0.15, 0.2) is 12.2 Å². The van der Waals surface area contributed by atoms with Crippen molar-refractivity contribution in [3.05, 3.63) is 12.2 Å². The van der Waals surface area contributed by atoms with Crippen molar-refractivity contribution in [1.29, 1.82) is 0 Å². The van der Waals surface area contributed by atoms with E-state index < -0.39 is 34.4 Å². The maximum atomic E-state index is 13.2. The summed E-state index contributed by atoms with van der Waals surface area (Å²) in [5, 5.41) is 10.8. The van der Waals surface area contributed by atoms with E-state index >= 15 is 0 Å². The summed E-state index contributed by atoms with van der Waals surface area (Å²) in [6.45, 7) is 6.92. The molecule has 140 valence electrons. The molecule has 6 aliphatic rings. The maximum Gasteiger partial charge on any atom is 0.320 e. The number of carbonyl (C=O) groups is 2. The van der Waals surface area contributed by atoms with E-state index in [0.29, 0.717) is 31.6 Å². The lowest BCUT2D eigenvalue weighted by atomic mass is 9.44. The third-order valence-electron chi connectivity index (χ3n) is 8.83. The largest absolute Gasteiger partial charge is 0.461 e. The summed E-state index contributed by atoms with van der Waals surface area (Å²) in [4.78, 5) is 26.3. The van der Waals surface area contributed by atoms with Crippen molar-refractivity contribution in [2.24, 2.45) is 34.0 Å². The van der Waals surface area contributed by atoms with E-state index in [1.165, 1.54) is 0 Å². The molecule has 6 fully saturated rings. The van der Waals surface area contributed by atoms with Gasteiger partial charge in [0.15, 0.2) is 12.1 Å². The number of allylic oxidation sites excluding steroid dienone is 1. The Morgan fingerprint density at radius 2 is 1.96 bits per heavy atom. The quantitative estimate of drug-likeness (QED) is 0.397. The Morgan fingerprint density at radius 3 is 2.77 bits per heavy atom. The number of hydrogen-bond acceptors (Lipinski definition) is 6.